The van der Waals surface area contributed by atoms with E-state index in [0.717, 1.165) is 30.8 Å². The number of rotatable bonds is 7. The number of hydrogen-bond donors (Lipinski definition) is 2. The number of pyridine rings is 1. The largest absolute Gasteiger partial charge is 0.444 e. The van der Waals surface area contributed by atoms with E-state index in [-0.39, 0.29) is 6.09 Å². The molecule has 0 spiro atoms. The summed E-state index contributed by atoms with van der Waals surface area (Å²) in [5, 5.41) is 6.83. The first-order valence-corrected chi connectivity index (χ1v) is 10.8. The number of aromatic nitrogens is 1. The predicted octanol–water partition coefficient (Wildman–Crippen LogP) is 2.69. The fourth-order valence-corrected chi connectivity index (χ4v) is 3.91. The molecule has 0 saturated carbocycles. The molecule has 1 aromatic heterocycles. The van der Waals surface area contributed by atoms with Gasteiger partial charge in [0.25, 0.3) is 0 Å². The van der Waals surface area contributed by atoms with Crippen molar-refractivity contribution >= 4 is 12.1 Å². The molecule has 2 aliphatic rings. The molecule has 2 bridgehead atoms. The lowest BCUT2D eigenvalue weighted by Crippen LogP contribution is -2.48. The van der Waals surface area contributed by atoms with E-state index in [4.69, 9.17) is 9.47 Å². The Morgan fingerprint density at radius 2 is 2.23 bits per heavy atom. The third-order valence-electron chi connectivity index (χ3n) is 5.30. The van der Waals surface area contributed by atoms with Gasteiger partial charge < -0.3 is 25.0 Å². The summed E-state index contributed by atoms with van der Waals surface area (Å²) in [7, 11) is 1.78. The topological polar surface area (TPSA) is 88.1 Å². The number of fused-ring (bicyclic) bond motifs is 2. The predicted molar refractivity (Wildman–Crippen MR) is 116 cm³/mol. The second-order valence-electron chi connectivity index (χ2n) is 8.98. The Labute approximate surface area is 179 Å². The Morgan fingerprint density at radius 3 is 2.83 bits per heavy atom. The molecule has 2 aliphatic heterocycles. The molecule has 3 rings (SSSR count). The van der Waals surface area contributed by atoms with Gasteiger partial charge in [-0.25, -0.2) is 4.79 Å². The van der Waals surface area contributed by atoms with Gasteiger partial charge in [-0.05, 0) is 58.1 Å². The highest BCUT2D eigenvalue weighted by Gasteiger charge is 2.41. The van der Waals surface area contributed by atoms with Crippen molar-refractivity contribution in [3.8, 4) is 0 Å². The molecule has 1 aromatic rings. The van der Waals surface area contributed by atoms with Gasteiger partial charge in [0.15, 0.2) is 5.96 Å². The van der Waals surface area contributed by atoms with Crippen LogP contribution in [0.5, 0.6) is 0 Å². The molecule has 1 amide bonds. The van der Waals surface area contributed by atoms with Crippen LogP contribution in [0.2, 0.25) is 0 Å². The lowest BCUT2D eigenvalue weighted by Gasteiger charge is -2.28. The lowest BCUT2D eigenvalue weighted by molar-refractivity contribution is 0.0232. The minimum atomic E-state index is -0.531. The third-order valence-corrected chi connectivity index (χ3v) is 5.30. The average Bonchev–Trinajstić information content (AvgIpc) is 3.32. The van der Waals surface area contributed by atoms with Crippen molar-refractivity contribution in [2.75, 3.05) is 20.1 Å². The van der Waals surface area contributed by atoms with E-state index in [1.165, 1.54) is 6.42 Å². The molecule has 2 saturated heterocycles. The lowest BCUT2D eigenvalue weighted by atomic mass is 9.96. The number of carbonyl (C=O) groups is 1. The number of carbonyl (C=O) groups excluding carboxylic acids is 1. The van der Waals surface area contributed by atoms with Gasteiger partial charge in [-0.15, -0.1) is 0 Å². The Morgan fingerprint density at radius 1 is 1.40 bits per heavy atom. The summed E-state index contributed by atoms with van der Waals surface area (Å²) in [6, 6.07) is 4.17. The first-order chi connectivity index (χ1) is 14.3. The summed E-state index contributed by atoms with van der Waals surface area (Å²) in [5.41, 5.74) is 0.446. The van der Waals surface area contributed by atoms with E-state index in [1.807, 2.05) is 32.9 Å². The van der Waals surface area contributed by atoms with Crippen LogP contribution in [0.1, 0.15) is 52.0 Å². The van der Waals surface area contributed by atoms with E-state index in [9.17, 15) is 4.79 Å². The van der Waals surface area contributed by atoms with E-state index in [1.54, 1.807) is 24.3 Å². The highest BCUT2D eigenvalue weighted by molar-refractivity contribution is 5.80. The van der Waals surface area contributed by atoms with Crippen molar-refractivity contribution < 1.29 is 14.3 Å². The van der Waals surface area contributed by atoms with Crippen LogP contribution in [0.25, 0.3) is 0 Å². The zero-order valence-electron chi connectivity index (χ0n) is 18.6. The second-order valence-corrected chi connectivity index (χ2v) is 8.98. The summed E-state index contributed by atoms with van der Waals surface area (Å²) in [4.78, 5) is 22.9. The number of nitrogens with one attached hydrogen (secondary N) is 2. The van der Waals surface area contributed by atoms with Crippen molar-refractivity contribution in [2.45, 2.75) is 76.9 Å². The molecule has 0 aliphatic carbocycles. The van der Waals surface area contributed by atoms with Crippen LogP contribution in [0.4, 0.5) is 4.79 Å². The quantitative estimate of drug-likeness (QED) is 0.403. The number of ether oxygens (including phenoxy) is 2. The highest BCUT2D eigenvalue weighted by Crippen LogP contribution is 2.34. The molecule has 8 heteroatoms. The standard InChI is InChI=1S/C22H35N5O3/c1-22(2,3)30-21(28)27(15-16-7-5-10-24-14-16)12-6-11-25-20(23-4)26-18-13-17-8-9-19(18)29-17/h5,7,10,14,17-19H,6,8-9,11-13,15H2,1-4H3,(H2,23,25,26). The van der Waals surface area contributed by atoms with Crippen LogP contribution >= 0.6 is 0 Å². The average molecular weight is 418 g/mol. The van der Waals surface area contributed by atoms with Gasteiger partial charge in [-0.2, -0.15) is 0 Å². The number of hydrogen-bond acceptors (Lipinski definition) is 5. The summed E-state index contributed by atoms with van der Waals surface area (Å²) in [5.74, 6) is 0.784. The van der Waals surface area contributed by atoms with Gasteiger partial charge in [0.1, 0.15) is 5.60 Å². The highest BCUT2D eigenvalue weighted by atomic mass is 16.6. The summed E-state index contributed by atoms with van der Waals surface area (Å²) in [6.07, 6.45) is 8.01. The van der Waals surface area contributed by atoms with Crippen molar-refractivity contribution in [3.63, 3.8) is 0 Å². The van der Waals surface area contributed by atoms with Gasteiger partial charge in [0.05, 0.1) is 24.8 Å². The Hall–Kier alpha value is -2.35. The molecule has 2 N–H and O–H groups in total. The molecule has 2 fully saturated rings. The summed E-state index contributed by atoms with van der Waals surface area (Å²) in [6.45, 7) is 7.38. The molecule has 3 atom stereocenters. The van der Waals surface area contributed by atoms with Crippen LogP contribution in [-0.4, -0.2) is 65.9 Å². The molecule has 0 radical (unpaired) electrons. The third kappa shape index (κ3) is 6.58. The van der Waals surface area contributed by atoms with E-state index in [0.29, 0.717) is 37.9 Å². The van der Waals surface area contributed by atoms with Gasteiger partial charge in [-0.1, -0.05) is 6.07 Å². The summed E-state index contributed by atoms with van der Waals surface area (Å²) >= 11 is 0. The maximum Gasteiger partial charge on any atom is 0.410 e. The fraction of sp³-hybridized carbons (Fsp3) is 0.682. The molecular weight excluding hydrogens is 382 g/mol. The Kier molecular flexibility index (Phi) is 7.53. The molecular formula is C22H35N5O3. The zero-order chi connectivity index (χ0) is 21.6. The number of aliphatic imine (C=N–C) groups is 1. The number of guanidine groups is 1. The van der Waals surface area contributed by atoms with Gasteiger partial charge in [0, 0.05) is 32.5 Å². The number of nitrogens with zero attached hydrogens (tertiary/aromatic N) is 3. The van der Waals surface area contributed by atoms with E-state index >= 15 is 0 Å². The Bertz CT molecular complexity index is 719. The van der Waals surface area contributed by atoms with Gasteiger partial charge in [0.2, 0.25) is 0 Å². The minimum absolute atomic E-state index is 0.302. The van der Waals surface area contributed by atoms with Crippen molar-refractivity contribution in [1.29, 1.82) is 0 Å². The van der Waals surface area contributed by atoms with Crippen LogP contribution in [0.15, 0.2) is 29.5 Å². The van der Waals surface area contributed by atoms with E-state index < -0.39 is 5.60 Å². The van der Waals surface area contributed by atoms with Crippen LogP contribution < -0.4 is 10.6 Å². The van der Waals surface area contributed by atoms with Crippen molar-refractivity contribution in [2.24, 2.45) is 4.99 Å². The minimum Gasteiger partial charge on any atom is -0.444 e. The normalized spacial score (nSPS) is 23.3. The molecule has 8 nitrogen and oxygen atoms in total. The fourth-order valence-electron chi connectivity index (χ4n) is 3.91. The van der Waals surface area contributed by atoms with E-state index in [2.05, 4.69) is 20.6 Å². The molecule has 30 heavy (non-hydrogen) atoms. The molecule has 3 unspecified atom stereocenters. The van der Waals surface area contributed by atoms with Crippen LogP contribution in [0, 0.1) is 0 Å². The van der Waals surface area contributed by atoms with Gasteiger partial charge in [-0.3, -0.25) is 9.98 Å². The first kappa shape index (κ1) is 22.3. The monoisotopic (exact) mass is 417 g/mol. The smallest absolute Gasteiger partial charge is 0.410 e. The second kappa shape index (κ2) is 10.1. The van der Waals surface area contributed by atoms with Crippen LogP contribution in [-0.2, 0) is 16.0 Å². The zero-order valence-corrected chi connectivity index (χ0v) is 18.6. The maximum absolute atomic E-state index is 12.7. The molecule has 166 valence electrons. The summed E-state index contributed by atoms with van der Waals surface area (Å²) < 4.78 is 11.5. The van der Waals surface area contributed by atoms with Gasteiger partial charge >= 0.3 is 6.09 Å². The van der Waals surface area contributed by atoms with Crippen molar-refractivity contribution in [3.05, 3.63) is 30.1 Å². The SMILES string of the molecule is CN=C(NCCCN(Cc1cccnc1)C(=O)OC(C)(C)C)NC1CC2CCC1O2. The molecule has 0 aromatic carbocycles. The molecule has 3 heterocycles. The van der Waals surface area contributed by atoms with Crippen LogP contribution in [0.3, 0.4) is 0 Å². The Balaban J connectivity index is 1.47. The first-order valence-electron chi connectivity index (χ1n) is 10.8. The maximum atomic E-state index is 12.7. The number of amides is 1. The van der Waals surface area contributed by atoms with Crippen molar-refractivity contribution in [1.82, 2.24) is 20.5 Å².